The van der Waals surface area contributed by atoms with Crippen molar-refractivity contribution in [2.45, 2.75) is 6.42 Å². The van der Waals surface area contributed by atoms with E-state index in [9.17, 15) is 0 Å². The minimum atomic E-state index is 1.14. The van der Waals surface area contributed by atoms with Gasteiger partial charge in [-0.05, 0) is 11.1 Å². The van der Waals surface area contributed by atoms with Gasteiger partial charge in [0.25, 0.3) is 0 Å². The van der Waals surface area contributed by atoms with Crippen molar-refractivity contribution in [3.8, 4) is 0 Å². The van der Waals surface area contributed by atoms with Gasteiger partial charge in [-0.3, -0.25) is 0 Å². The maximum atomic E-state index is 3.26. The van der Waals surface area contributed by atoms with E-state index < -0.39 is 0 Å². The topological polar surface area (TPSA) is 15.8 Å². The highest BCUT2D eigenvalue weighted by Crippen LogP contribution is 2.31. The van der Waals surface area contributed by atoms with Crippen molar-refractivity contribution in [3.63, 3.8) is 0 Å². The molecule has 1 N–H and O–H groups in total. The van der Waals surface area contributed by atoms with Crippen LogP contribution in [0.5, 0.6) is 0 Å². The normalized spacial score (nSPS) is 13.6. The summed E-state index contributed by atoms with van der Waals surface area (Å²) < 4.78 is 0. The summed E-state index contributed by atoms with van der Waals surface area (Å²) in [5, 5.41) is 1.41. The van der Waals surface area contributed by atoms with Crippen molar-refractivity contribution in [2.75, 3.05) is 0 Å². The van der Waals surface area contributed by atoms with E-state index in [1.54, 1.807) is 0 Å². The molecule has 0 aliphatic heterocycles. The third-order valence-electron chi connectivity index (χ3n) is 2.27. The van der Waals surface area contributed by atoms with Gasteiger partial charge in [-0.1, -0.05) is 18.2 Å². The van der Waals surface area contributed by atoms with Crippen LogP contribution in [0.1, 0.15) is 11.1 Å². The first kappa shape index (κ1) is 4.56. The molecule has 4 bridgehead atoms. The molecule has 1 aromatic heterocycles. The highest BCUT2D eigenvalue weighted by Gasteiger charge is 2.14. The van der Waals surface area contributed by atoms with Crippen molar-refractivity contribution in [1.82, 2.24) is 4.98 Å². The predicted octanol–water partition coefficient (Wildman–Crippen LogP) is 2.07. The maximum absolute atomic E-state index is 3.26. The van der Waals surface area contributed by atoms with Crippen molar-refractivity contribution in [3.05, 3.63) is 35.5 Å². The molecular formula is C9H7N. The Kier molecular flexibility index (Phi) is 0.575. The smallest absolute Gasteiger partial charge is 0.0492 e. The van der Waals surface area contributed by atoms with Crippen LogP contribution in [0.3, 0.4) is 0 Å². The fourth-order valence-electron chi connectivity index (χ4n) is 1.77. The summed E-state index contributed by atoms with van der Waals surface area (Å²) in [6, 6.07) is 6.49. The summed E-state index contributed by atoms with van der Waals surface area (Å²) in [5.74, 6) is 0. The molecule has 0 unspecified atom stereocenters. The van der Waals surface area contributed by atoms with E-state index in [1.165, 1.54) is 22.0 Å². The lowest BCUT2D eigenvalue weighted by Gasteiger charge is -1.93. The maximum Gasteiger partial charge on any atom is 0.0492 e. The molecule has 0 amide bonds. The molecule has 10 heavy (non-hydrogen) atoms. The lowest BCUT2D eigenvalue weighted by molar-refractivity contribution is 1.20. The summed E-state index contributed by atoms with van der Waals surface area (Å²) in [7, 11) is 0. The second-order valence-electron chi connectivity index (χ2n) is 2.83. The lowest BCUT2D eigenvalue weighted by atomic mass is 10.2. The molecule has 2 aromatic rings. The zero-order valence-electron chi connectivity index (χ0n) is 5.52. The van der Waals surface area contributed by atoms with Crippen LogP contribution in [-0.4, -0.2) is 4.98 Å². The van der Waals surface area contributed by atoms with Crippen molar-refractivity contribution in [2.24, 2.45) is 0 Å². The van der Waals surface area contributed by atoms with Gasteiger partial charge in [0.2, 0.25) is 0 Å². The Bertz CT molecular complexity index is 398. The van der Waals surface area contributed by atoms with Gasteiger partial charge in [0.05, 0.1) is 0 Å². The van der Waals surface area contributed by atoms with E-state index in [0.717, 1.165) is 6.42 Å². The van der Waals surface area contributed by atoms with E-state index in [-0.39, 0.29) is 0 Å². The number of H-pyrrole nitrogens is 1. The molecule has 3 rings (SSSR count). The molecule has 1 nitrogen and oxygen atoms in total. The Morgan fingerprint density at radius 3 is 3.00 bits per heavy atom. The molecule has 0 fully saturated rings. The van der Waals surface area contributed by atoms with Gasteiger partial charge >= 0.3 is 0 Å². The zero-order valence-corrected chi connectivity index (χ0v) is 5.52. The van der Waals surface area contributed by atoms with Crippen LogP contribution < -0.4 is 0 Å². The van der Waals surface area contributed by atoms with Crippen LogP contribution in [-0.2, 0) is 6.42 Å². The van der Waals surface area contributed by atoms with Gasteiger partial charge in [-0.15, -0.1) is 0 Å². The third-order valence-corrected chi connectivity index (χ3v) is 2.27. The van der Waals surface area contributed by atoms with E-state index >= 15 is 0 Å². The Balaban J connectivity index is 2.73. The first-order valence-corrected chi connectivity index (χ1v) is 3.53. The summed E-state index contributed by atoms with van der Waals surface area (Å²) in [4.78, 5) is 3.26. The highest BCUT2D eigenvalue weighted by atomic mass is 14.7. The van der Waals surface area contributed by atoms with Gasteiger partial charge < -0.3 is 4.98 Å². The quantitative estimate of drug-likeness (QED) is 0.478. The summed E-state index contributed by atoms with van der Waals surface area (Å²) >= 11 is 0. The average molecular weight is 129 g/mol. The molecule has 1 heterocycles. The van der Waals surface area contributed by atoms with Crippen molar-refractivity contribution >= 4 is 10.9 Å². The fraction of sp³-hybridized carbons (Fsp3) is 0.111. The van der Waals surface area contributed by atoms with E-state index in [1.807, 2.05) is 0 Å². The van der Waals surface area contributed by atoms with Gasteiger partial charge in [0, 0.05) is 23.5 Å². The SMILES string of the molecule is c1cc2c3[nH]cc(c3c1)C2. The van der Waals surface area contributed by atoms with Crippen LogP contribution in [0, 0.1) is 0 Å². The number of hydrogen-bond acceptors (Lipinski definition) is 0. The number of benzene rings is 1. The van der Waals surface area contributed by atoms with Gasteiger partial charge in [-0.2, -0.15) is 0 Å². The molecule has 48 valence electrons. The molecule has 0 saturated carbocycles. The number of nitrogens with one attached hydrogen (secondary N) is 1. The Morgan fingerprint density at radius 1 is 1.20 bits per heavy atom. The molecule has 1 aliphatic rings. The van der Waals surface area contributed by atoms with Crippen molar-refractivity contribution < 1.29 is 0 Å². The second kappa shape index (κ2) is 1.26. The van der Waals surface area contributed by atoms with Crippen LogP contribution in [0.25, 0.3) is 10.9 Å². The number of aromatic amines is 1. The molecule has 1 aliphatic carbocycles. The number of rotatable bonds is 0. The first-order chi connectivity index (χ1) is 4.95. The zero-order chi connectivity index (χ0) is 6.55. The number of para-hydroxylation sites is 1. The van der Waals surface area contributed by atoms with Crippen LogP contribution in [0.2, 0.25) is 0 Å². The summed E-state index contributed by atoms with van der Waals surface area (Å²) in [5.41, 5.74) is 4.25. The van der Waals surface area contributed by atoms with E-state index in [0.29, 0.717) is 0 Å². The van der Waals surface area contributed by atoms with E-state index in [4.69, 9.17) is 0 Å². The minimum Gasteiger partial charge on any atom is -0.361 e. The van der Waals surface area contributed by atoms with Crippen LogP contribution in [0.15, 0.2) is 24.4 Å². The molecule has 1 heteroatoms. The van der Waals surface area contributed by atoms with Crippen LogP contribution >= 0.6 is 0 Å². The summed E-state index contributed by atoms with van der Waals surface area (Å²) in [6.45, 7) is 0. The number of aromatic nitrogens is 1. The number of hydrogen-bond donors (Lipinski definition) is 1. The average Bonchev–Trinajstić information content (AvgIpc) is 2.44. The van der Waals surface area contributed by atoms with Gasteiger partial charge in [0.1, 0.15) is 0 Å². The van der Waals surface area contributed by atoms with Gasteiger partial charge in [0.15, 0.2) is 0 Å². The van der Waals surface area contributed by atoms with E-state index in [2.05, 4.69) is 29.4 Å². The summed E-state index contributed by atoms with van der Waals surface area (Å²) in [6.07, 6.45) is 3.25. The predicted molar refractivity (Wildman–Crippen MR) is 41.1 cm³/mol. The minimum absolute atomic E-state index is 1.14. The lowest BCUT2D eigenvalue weighted by Crippen LogP contribution is -1.82. The largest absolute Gasteiger partial charge is 0.361 e. The van der Waals surface area contributed by atoms with Gasteiger partial charge in [-0.25, -0.2) is 0 Å². The van der Waals surface area contributed by atoms with Crippen LogP contribution in [0.4, 0.5) is 0 Å². The Hall–Kier alpha value is -1.24. The second-order valence-corrected chi connectivity index (χ2v) is 2.83. The molecule has 1 aromatic carbocycles. The standard InChI is InChI=1S/C9H7N/c1-2-6-4-7-5-10-9(6)8(7)3-1/h1-3,5,10H,4H2. The van der Waals surface area contributed by atoms with Crippen molar-refractivity contribution in [1.29, 1.82) is 0 Å². The Labute approximate surface area is 58.7 Å². The molecule has 0 spiro atoms. The Morgan fingerprint density at radius 2 is 2.20 bits per heavy atom. The molecular weight excluding hydrogens is 122 g/mol. The molecule has 0 radical (unpaired) electrons. The molecule has 0 saturated heterocycles. The highest BCUT2D eigenvalue weighted by molar-refractivity contribution is 5.90. The monoisotopic (exact) mass is 129 g/mol. The third kappa shape index (κ3) is 0.338. The fourth-order valence-corrected chi connectivity index (χ4v) is 1.77. The molecule has 0 atom stereocenters. The first-order valence-electron chi connectivity index (χ1n) is 3.53.